The molecule has 5 nitrogen and oxygen atoms in total. The number of nitrogens with zero attached hydrogens (tertiary/aromatic N) is 2. The molecule has 1 atom stereocenters. The largest absolute Gasteiger partial charge is 0.344 e. The maximum atomic E-state index is 11.7. The van der Waals surface area contributed by atoms with Gasteiger partial charge in [0.25, 0.3) is 0 Å². The van der Waals surface area contributed by atoms with Gasteiger partial charge in [0.2, 0.25) is 0 Å². The van der Waals surface area contributed by atoms with Crippen LogP contribution in [0.25, 0.3) is 0 Å². The van der Waals surface area contributed by atoms with Crippen LogP contribution in [0.2, 0.25) is 0 Å². The Morgan fingerprint density at radius 2 is 2.10 bits per heavy atom. The number of benzene rings is 1. The summed E-state index contributed by atoms with van der Waals surface area (Å²) >= 11 is 1.49. The van der Waals surface area contributed by atoms with Crippen LogP contribution in [-0.4, -0.2) is 20.8 Å². The Morgan fingerprint density at radius 3 is 2.67 bits per heavy atom. The molecule has 1 aromatic carbocycles. The third-order valence-electron chi connectivity index (χ3n) is 3.25. The molecule has 1 unspecified atom stereocenters. The first kappa shape index (κ1) is 15.9. The summed E-state index contributed by atoms with van der Waals surface area (Å²) in [6.07, 6.45) is 0.871. The van der Waals surface area contributed by atoms with Gasteiger partial charge in [-0.05, 0) is 69.1 Å². The normalized spacial score (nSPS) is 12.9. The fourth-order valence-electron chi connectivity index (χ4n) is 2.23. The number of aromatic nitrogens is 3. The lowest BCUT2D eigenvalue weighted by Crippen LogP contribution is -2.19. The predicted octanol–water partition coefficient (Wildman–Crippen LogP) is 2.50. The van der Waals surface area contributed by atoms with Crippen molar-refractivity contribution in [2.75, 3.05) is 0 Å². The molecule has 0 fully saturated rings. The maximum absolute atomic E-state index is 11.7. The SMILES string of the molecule is Cc1cc(Sc2n[nH]c(=O)n2C(C)C)ccc1CC(C)N. The first-order valence-electron chi connectivity index (χ1n) is 7.08. The highest BCUT2D eigenvalue weighted by molar-refractivity contribution is 7.99. The Balaban J connectivity index is 2.25. The van der Waals surface area contributed by atoms with Crippen LogP contribution in [0.5, 0.6) is 0 Å². The molecule has 1 heterocycles. The van der Waals surface area contributed by atoms with E-state index in [4.69, 9.17) is 5.73 Å². The summed E-state index contributed by atoms with van der Waals surface area (Å²) in [6, 6.07) is 6.51. The second kappa shape index (κ2) is 6.49. The molecule has 0 saturated heterocycles. The number of nitrogens with one attached hydrogen (secondary N) is 1. The van der Waals surface area contributed by atoms with Crippen LogP contribution in [0.4, 0.5) is 0 Å². The minimum absolute atomic E-state index is 0.0807. The van der Waals surface area contributed by atoms with Crippen molar-refractivity contribution >= 4 is 11.8 Å². The molecule has 0 saturated carbocycles. The topological polar surface area (TPSA) is 76.7 Å². The van der Waals surface area contributed by atoms with Crippen LogP contribution in [-0.2, 0) is 6.42 Å². The summed E-state index contributed by atoms with van der Waals surface area (Å²) in [5.74, 6) is 0. The van der Waals surface area contributed by atoms with Gasteiger partial charge in [-0.15, -0.1) is 5.10 Å². The molecule has 0 radical (unpaired) electrons. The molecule has 0 aliphatic rings. The molecule has 3 N–H and O–H groups in total. The zero-order chi connectivity index (χ0) is 15.6. The molecule has 0 amide bonds. The number of H-pyrrole nitrogens is 1. The van der Waals surface area contributed by atoms with Crippen molar-refractivity contribution in [3.63, 3.8) is 0 Å². The van der Waals surface area contributed by atoms with Crippen LogP contribution in [0.3, 0.4) is 0 Å². The second-order valence-electron chi connectivity index (χ2n) is 5.65. The molecular formula is C15H22N4OS. The number of aryl methyl sites for hydroxylation is 1. The third-order valence-corrected chi connectivity index (χ3v) is 4.21. The van der Waals surface area contributed by atoms with Crippen molar-refractivity contribution in [1.82, 2.24) is 14.8 Å². The van der Waals surface area contributed by atoms with E-state index in [1.807, 2.05) is 20.8 Å². The van der Waals surface area contributed by atoms with Crippen molar-refractivity contribution in [2.24, 2.45) is 5.73 Å². The van der Waals surface area contributed by atoms with Crippen molar-refractivity contribution < 1.29 is 0 Å². The molecule has 0 bridgehead atoms. The van der Waals surface area contributed by atoms with Gasteiger partial charge in [0.05, 0.1) is 0 Å². The molecular weight excluding hydrogens is 284 g/mol. The van der Waals surface area contributed by atoms with Crippen LogP contribution < -0.4 is 11.4 Å². The van der Waals surface area contributed by atoms with Crippen molar-refractivity contribution in [1.29, 1.82) is 0 Å². The van der Waals surface area contributed by atoms with Gasteiger partial charge in [0, 0.05) is 17.0 Å². The summed E-state index contributed by atoms with van der Waals surface area (Å²) < 4.78 is 1.66. The Morgan fingerprint density at radius 1 is 1.38 bits per heavy atom. The average Bonchev–Trinajstić information content (AvgIpc) is 2.73. The fraction of sp³-hybridized carbons (Fsp3) is 0.467. The van der Waals surface area contributed by atoms with E-state index in [1.54, 1.807) is 4.57 Å². The molecule has 0 aliphatic heterocycles. The fourth-order valence-corrected chi connectivity index (χ4v) is 3.30. The van der Waals surface area contributed by atoms with Crippen molar-refractivity contribution in [3.05, 3.63) is 39.8 Å². The molecule has 0 spiro atoms. The van der Waals surface area contributed by atoms with Gasteiger partial charge in [-0.3, -0.25) is 4.57 Å². The average molecular weight is 306 g/mol. The van der Waals surface area contributed by atoms with Crippen LogP contribution >= 0.6 is 11.8 Å². The maximum Gasteiger partial charge on any atom is 0.344 e. The first-order valence-corrected chi connectivity index (χ1v) is 7.90. The number of hydrogen-bond acceptors (Lipinski definition) is 4. The van der Waals surface area contributed by atoms with Gasteiger partial charge < -0.3 is 5.73 Å². The van der Waals surface area contributed by atoms with Crippen LogP contribution in [0.15, 0.2) is 33.0 Å². The van der Waals surface area contributed by atoms with Crippen LogP contribution in [0.1, 0.15) is 37.9 Å². The summed E-state index contributed by atoms with van der Waals surface area (Å²) in [6.45, 7) is 8.03. The minimum atomic E-state index is -0.169. The lowest BCUT2D eigenvalue weighted by Gasteiger charge is -2.11. The number of nitrogens with two attached hydrogens (primary N) is 1. The molecule has 1 aromatic heterocycles. The van der Waals surface area contributed by atoms with E-state index >= 15 is 0 Å². The monoisotopic (exact) mass is 306 g/mol. The first-order chi connectivity index (χ1) is 9.88. The van der Waals surface area contributed by atoms with Gasteiger partial charge in [-0.1, -0.05) is 6.07 Å². The third kappa shape index (κ3) is 3.77. The zero-order valence-corrected chi connectivity index (χ0v) is 13.7. The van der Waals surface area contributed by atoms with Gasteiger partial charge in [-0.2, -0.15) is 0 Å². The second-order valence-corrected chi connectivity index (χ2v) is 6.69. The van der Waals surface area contributed by atoms with Crippen LogP contribution in [0, 0.1) is 6.92 Å². The lowest BCUT2D eigenvalue weighted by molar-refractivity contribution is 0.534. The Labute approximate surface area is 128 Å². The quantitative estimate of drug-likeness (QED) is 0.890. The number of rotatable bonds is 5. The van der Waals surface area contributed by atoms with E-state index in [0.717, 1.165) is 11.3 Å². The Hall–Kier alpha value is -1.53. The van der Waals surface area contributed by atoms with E-state index in [9.17, 15) is 4.79 Å². The zero-order valence-electron chi connectivity index (χ0n) is 12.9. The summed E-state index contributed by atoms with van der Waals surface area (Å²) in [4.78, 5) is 12.8. The molecule has 2 rings (SSSR count). The smallest absolute Gasteiger partial charge is 0.328 e. The van der Waals surface area contributed by atoms with E-state index < -0.39 is 0 Å². The number of hydrogen-bond donors (Lipinski definition) is 2. The molecule has 114 valence electrons. The van der Waals surface area contributed by atoms with Gasteiger partial charge in [0.1, 0.15) is 0 Å². The highest BCUT2D eigenvalue weighted by atomic mass is 32.2. The van der Waals surface area contributed by atoms with Gasteiger partial charge in [0.15, 0.2) is 5.16 Å². The highest BCUT2D eigenvalue weighted by Crippen LogP contribution is 2.28. The summed E-state index contributed by atoms with van der Waals surface area (Å²) in [5, 5.41) is 7.30. The van der Waals surface area contributed by atoms with E-state index in [0.29, 0.717) is 5.16 Å². The van der Waals surface area contributed by atoms with Crippen molar-refractivity contribution in [3.8, 4) is 0 Å². The van der Waals surface area contributed by atoms with E-state index in [-0.39, 0.29) is 17.8 Å². The van der Waals surface area contributed by atoms with Gasteiger partial charge in [-0.25, -0.2) is 9.89 Å². The summed E-state index contributed by atoms with van der Waals surface area (Å²) in [5.41, 5.74) is 8.16. The molecule has 2 aromatic rings. The minimum Gasteiger partial charge on any atom is -0.328 e. The number of aromatic amines is 1. The highest BCUT2D eigenvalue weighted by Gasteiger charge is 2.13. The van der Waals surface area contributed by atoms with E-state index in [2.05, 4.69) is 35.3 Å². The Kier molecular flexibility index (Phi) is 4.90. The predicted molar refractivity (Wildman–Crippen MR) is 85.9 cm³/mol. The Bertz CT molecular complexity index is 673. The van der Waals surface area contributed by atoms with E-state index in [1.165, 1.54) is 22.9 Å². The van der Waals surface area contributed by atoms with Crippen molar-refractivity contribution in [2.45, 2.75) is 56.3 Å². The molecule has 0 aliphatic carbocycles. The van der Waals surface area contributed by atoms with Gasteiger partial charge >= 0.3 is 5.69 Å². The lowest BCUT2D eigenvalue weighted by atomic mass is 10.0. The molecule has 21 heavy (non-hydrogen) atoms. The standard InChI is InChI=1S/C15H22N4OS/c1-9(2)19-14(20)17-18-15(19)21-13-6-5-12(8-11(4)16)10(3)7-13/h5-7,9,11H,8,16H2,1-4H3,(H,17,20). The molecule has 6 heteroatoms. The summed E-state index contributed by atoms with van der Waals surface area (Å²) in [7, 11) is 0.